The zero-order chi connectivity index (χ0) is 13.8. The second-order valence-electron chi connectivity index (χ2n) is 4.35. The number of rotatable bonds is 5. The third kappa shape index (κ3) is 2.93. The Hall–Kier alpha value is -1.88. The van der Waals surface area contributed by atoms with E-state index in [0.29, 0.717) is 12.3 Å². The van der Waals surface area contributed by atoms with Gasteiger partial charge in [0, 0.05) is 12.1 Å². The quantitative estimate of drug-likeness (QED) is 0.902. The normalized spacial score (nSPS) is 10.7. The van der Waals surface area contributed by atoms with Crippen molar-refractivity contribution in [3.8, 4) is 5.75 Å². The Balaban J connectivity index is 2.19. The molecule has 0 radical (unpaired) electrons. The van der Waals surface area contributed by atoms with Gasteiger partial charge in [-0.05, 0) is 27.0 Å². The van der Waals surface area contributed by atoms with Crippen LogP contribution in [0.1, 0.15) is 22.6 Å². The van der Waals surface area contributed by atoms with Crippen LogP contribution < -0.4 is 10.1 Å². The van der Waals surface area contributed by atoms with E-state index < -0.39 is 0 Å². The lowest BCUT2D eigenvalue weighted by Crippen LogP contribution is -2.09. The first-order valence-electron chi connectivity index (χ1n) is 6.10. The molecule has 0 aliphatic rings. The second kappa shape index (κ2) is 5.84. The average molecular weight is 264 g/mol. The molecular formula is C14H17FN2O2. The molecule has 5 heteroatoms. The third-order valence-corrected chi connectivity index (χ3v) is 2.96. The summed E-state index contributed by atoms with van der Waals surface area (Å²) in [5, 5.41) is 6.84. The first-order chi connectivity index (χ1) is 9.13. The number of nitrogens with zero attached hydrogens (tertiary/aromatic N) is 1. The topological polar surface area (TPSA) is 47.3 Å². The summed E-state index contributed by atoms with van der Waals surface area (Å²) in [5.74, 6) is 0.611. The highest BCUT2D eigenvalue weighted by atomic mass is 19.1. The SMILES string of the molecule is CNCc1cccc(F)c1OCc1c(C)noc1C. The summed E-state index contributed by atoms with van der Waals surface area (Å²) in [6.07, 6.45) is 0. The molecule has 0 fully saturated rings. The van der Waals surface area contributed by atoms with Gasteiger partial charge in [-0.2, -0.15) is 0 Å². The molecule has 0 saturated carbocycles. The summed E-state index contributed by atoms with van der Waals surface area (Å²) in [6, 6.07) is 4.90. The van der Waals surface area contributed by atoms with Crippen LogP contribution in [0.25, 0.3) is 0 Å². The Kier molecular flexibility index (Phi) is 4.16. The second-order valence-corrected chi connectivity index (χ2v) is 4.35. The van der Waals surface area contributed by atoms with Crippen molar-refractivity contribution < 1.29 is 13.7 Å². The molecule has 0 atom stereocenters. The smallest absolute Gasteiger partial charge is 0.165 e. The Morgan fingerprint density at radius 2 is 2.16 bits per heavy atom. The van der Waals surface area contributed by atoms with Crippen LogP contribution in [-0.4, -0.2) is 12.2 Å². The lowest BCUT2D eigenvalue weighted by atomic mass is 10.2. The monoisotopic (exact) mass is 264 g/mol. The molecule has 1 aromatic heterocycles. The van der Waals surface area contributed by atoms with Crippen LogP contribution in [0.4, 0.5) is 4.39 Å². The molecule has 1 heterocycles. The molecule has 2 aromatic rings. The molecule has 0 saturated heterocycles. The number of benzene rings is 1. The Labute approximate surface area is 111 Å². The van der Waals surface area contributed by atoms with Gasteiger partial charge in [-0.15, -0.1) is 0 Å². The minimum atomic E-state index is -0.362. The highest BCUT2D eigenvalue weighted by molar-refractivity contribution is 5.35. The summed E-state index contributed by atoms with van der Waals surface area (Å²) in [4.78, 5) is 0. The Morgan fingerprint density at radius 3 is 2.79 bits per heavy atom. The van der Waals surface area contributed by atoms with Crippen molar-refractivity contribution in [1.82, 2.24) is 10.5 Å². The van der Waals surface area contributed by atoms with E-state index in [1.807, 2.05) is 27.0 Å². The number of hydrogen-bond donors (Lipinski definition) is 1. The van der Waals surface area contributed by atoms with Gasteiger partial charge in [-0.25, -0.2) is 4.39 Å². The fourth-order valence-corrected chi connectivity index (χ4v) is 1.90. The minimum Gasteiger partial charge on any atom is -0.485 e. The molecule has 0 unspecified atom stereocenters. The average Bonchev–Trinajstić information content (AvgIpc) is 2.69. The van der Waals surface area contributed by atoms with Crippen molar-refractivity contribution in [2.75, 3.05) is 7.05 Å². The predicted octanol–water partition coefficient (Wildman–Crippen LogP) is 2.73. The van der Waals surface area contributed by atoms with E-state index in [1.54, 1.807) is 6.07 Å². The van der Waals surface area contributed by atoms with Crippen LogP contribution in [0.3, 0.4) is 0 Å². The van der Waals surface area contributed by atoms with E-state index in [2.05, 4.69) is 10.5 Å². The maximum atomic E-state index is 13.8. The summed E-state index contributed by atoms with van der Waals surface area (Å²) in [7, 11) is 1.81. The third-order valence-electron chi connectivity index (χ3n) is 2.96. The minimum absolute atomic E-state index is 0.249. The lowest BCUT2D eigenvalue weighted by Gasteiger charge is -2.12. The number of aromatic nitrogens is 1. The molecule has 0 spiro atoms. The molecule has 102 valence electrons. The Bertz CT molecular complexity index is 547. The van der Waals surface area contributed by atoms with Crippen molar-refractivity contribution in [2.24, 2.45) is 0 Å². The highest BCUT2D eigenvalue weighted by Crippen LogP contribution is 2.24. The van der Waals surface area contributed by atoms with Crippen molar-refractivity contribution >= 4 is 0 Å². The van der Waals surface area contributed by atoms with E-state index >= 15 is 0 Å². The van der Waals surface area contributed by atoms with Crippen molar-refractivity contribution in [3.05, 3.63) is 46.6 Å². The fourth-order valence-electron chi connectivity index (χ4n) is 1.90. The van der Waals surface area contributed by atoms with Crippen molar-refractivity contribution in [3.63, 3.8) is 0 Å². The number of aryl methyl sites for hydroxylation is 2. The van der Waals surface area contributed by atoms with E-state index in [4.69, 9.17) is 9.26 Å². The maximum Gasteiger partial charge on any atom is 0.165 e. The van der Waals surface area contributed by atoms with Gasteiger partial charge in [-0.1, -0.05) is 17.3 Å². The number of nitrogens with one attached hydrogen (secondary N) is 1. The van der Waals surface area contributed by atoms with Gasteiger partial charge >= 0.3 is 0 Å². The molecular weight excluding hydrogens is 247 g/mol. The van der Waals surface area contributed by atoms with Gasteiger partial charge in [0.2, 0.25) is 0 Å². The number of ether oxygens (including phenoxy) is 1. The van der Waals surface area contributed by atoms with E-state index in [0.717, 1.165) is 16.8 Å². The molecule has 1 aromatic carbocycles. The first-order valence-corrected chi connectivity index (χ1v) is 6.10. The zero-order valence-electron chi connectivity index (χ0n) is 11.3. The van der Waals surface area contributed by atoms with Crippen LogP contribution >= 0.6 is 0 Å². The van der Waals surface area contributed by atoms with E-state index in [-0.39, 0.29) is 18.2 Å². The summed E-state index contributed by atoms with van der Waals surface area (Å²) in [6.45, 7) is 4.45. The standard InChI is InChI=1S/C14H17FN2O2/c1-9-12(10(2)19-17-9)8-18-14-11(7-16-3)5-4-6-13(14)15/h4-6,16H,7-8H2,1-3H3. The maximum absolute atomic E-state index is 13.8. The van der Waals surface area contributed by atoms with Gasteiger partial charge in [0.15, 0.2) is 11.6 Å². The molecule has 2 rings (SSSR count). The fraction of sp³-hybridized carbons (Fsp3) is 0.357. The predicted molar refractivity (Wildman–Crippen MR) is 69.5 cm³/mol. The van der Waals surface area contributed by atoms with E-state index in [9.17, 15) is 4.39 Å². The van der Waals surface area contributed by atoms with Crippen molar-refractivity contribution in [1.29, 1.82) is 0 Å². The van der Waals surface area contributed by atoms with Crippen LogP contribution in [0.5, 0.6) is 5.75 Å². The summed E-state index contributed by atoms with van der Waals surface area (Å²) < 4.78 is 24.5. The summed E-state index contributed by atoms with van der Waals surface area (Å²) in [5.41, 5.74) is 2.41. The molecule has 0 aliphatic carbocycles. The molecule has 1 N–H and O–H groups in total. The number of halogens is 1. The molecule has 19 heavy (non-hydrogen) atoms. The molecule has 0 aliphatic heterocycles. The van der Waals surface area contributed by atoms with Gasteiger partial charge in [0.05, 0.1) is 11.3 Å². The van der Waals surface area contributed by atoms with Gasteiger partial charge in [0.1, 0.15) is 12.4 Å². The molecule has 0 bridgehead atoms. The molecule has 0 amide bonds. The van der Waals surface area contributed by atoms with Crippen LogP contribution in [-0.2, 0) is 13.2 Å². The largest absolute Gasteiger partial charge is 0.485 e. The number of hydrogen-bond acceptors (Lipinski definition) is 4. The van der Waals surface area contributed by atoms with Crippen LogP contribution in [0.15, 0.2) is 22.7 Å². The van der Waals surface area contributed by atoms with Gasteiger partial charge in [-0.3, -0.25) is 0 Å². The van der Waals surface area contributed by atoms with E-state index in [1.165, 1.54) is 6.07 Å². The zero-order valence-corrected chi connectivity index (χ0v) is 11.3. The van der Waals surface area contributed by atoms with Crippen molar-refractivity contribution in [2.45, 2.75) is 27.0 Å². The highest BCUT2D eigenvalue weighted by Gasteiger charge is 2.13. The Morgan fingerprint density at radius 1 is 1.37 bits per heavy atom. The lowest BCUT2D eigenvalue weighted by molar-refractivity contribution is 0.283. The summed E-state index contributed by atoms with van der Waals surface area (Å²) >= 11 is 0. The first kappa shape index (κ1) is 13.5. The van der Waals surface area contributed by atoms with Gasteiger partial charge < -0.3 is 14.6 Å². The van der Waals surface area contributed by atoms with Crippen LogP contribution in [0.2, 0.25) is 0 Å². The number of para-hydroxylation sites is 1. The van der Waals surface area contributed by atoms with Gasteiger partial charge in [0.25, 0.3) is 0 Å². The van der Waals surface area contributed by atoms with Crippen LogP contribution in [0, 0.1) is 19.7 Å². The molecule has 4 nitrogen and oxygen atoms in total.